The number of amides is 1. The van der Waals surface area contributed by atoms with Gasteiger partial charge < -0.3 is 24.3 Å². The Morgan fingerprint density at radius 1 is 1.22 bits per heavy atom. The topological polar surface area (TPSA) is 85.4 Å². The predicted octanol–water partition coefficient (Wildman–Crippen LogP) is 2.55. The van der Waals surface area contributed by atoms with E-state index < -0.39 is 0 Å². The number of H-pyrrole nitrogens is 1. The number of aromatic amines is 1. The van der Waals surface area contributed by atoms with Crippen LogP contribution in [-0.2, 0) is 6.54 Å². The SMILES string of the molecule is Cc1cc(C(=O)NCc2csc(=O)[nH]2)c(C)n1-c1ccc2c(c1)OCCO2. The number of ether oxygens (including phenoxy) is 2. The monoisotopic (exact) mass is 385 g/mol. The van der Waals surface area contributed by atoms with Gasteiger partial charge in [0.2, 0.25) is 0 Å². The van der Waals surface area contributed by atoms with Crippen molar-refractivity contribution >= 4 is 17.2 Å². The minimum absolute atomic E-state index is 0.129. The zero-order valence-electron chi connectivity index (χ0n) is 15.0. The van der Waals surface area contributed by atoms with E-state index >= 15 is 0 Å². The van der Waals surface area contributed by atoms with E-state index in [0.29, 0.717) is 30.2 Å². The van der Waals surface area contributed by atoms with Crippen molar-refractivity contribution in [3.05, 3.63) is 62.0 Å². The van der Waals surface area contributed by atoms with Crippen LogP contribution in [-0.4, -0.2) is 28.7 Å². The molecule has 2 N–H and O–H groups in total. The second-order valence-corrected chi connectivity index (χ2v) is 7.15. The summed E-state index contributed by atoms with van der Waals surface area (Å²) in [5.41, 5.74) is 3.98. The molecule has 1 aliphatic heterocycles. The summed E-state index contributed by atoms with van der Waals surface area (Å²) >= 11 is 1.08. The first-order valence-electron chi connectivity index (χ1n) is 8.57. The van der Waals surface area contributed by atoms with Crippen LogP contribution in [0.1, 0.15) is 27.4 Å². The molecule has 4 rings (SSSR count). The molecule has 7 nitrogen and oxygen atoms in total. The van der Waals surface area contributed by atoms with Gasteiger partial charge in [0, 0.05) is 34.2 Å². The molecule has 27 heavy (non-hydrogen) atoms. The molecule has 2 aromatic heterocycles. The summed E-state index contributed by atoms with van der Waals surface area (Å²) in [4.78, 5) is 26.4. The molecule has 0 spiro atoms. The number of aromatic nitrogens is 2. The summed E-state index contributed by atoms with van der Waals surface area (Å²) in [6, 6.07) is 7.62. The standard InChI is InChI=1S/C19H19N3O4S/c1-11-7-15(18(23)20-9-13-10-27-19(24)21-13)12(2)22(11)14-3-4-16-17(8-14)26-6-5-25-16/h3-4,7-8,10H,5-6,9H2,1-2H3,(H,20,23)(H,21,24). The molecule has 1 aliphatic rings. The number of hydrogen-bond acceptors (Lipinski definition) is 5. The minimum Gasteiger partial charge on any atom is -0.486 e. The number of nitrogens with one attached hydrogen (secondary N) is 2. The molecular formula is C19H19N3O4S. The van der Waals surface area contributed by atoms with Gasteiger partial charge in [-0.3, -0.25) is 9.59 Å². The average molecular weight is 385 g/mol. The molecule has 3 aromatic rings. The number of carbonyl (C=O) groups is 1. The molecule has 1 aromatic carbocycles. The molecule has 0 bridgehead atoms. The maximum Gasteiger partial charge on any atom is 0.304 e. The summed E-state index contributed by atoms with van der Waals surface area (Å²) in [5.74, 6) is 1.26. The first-order valence-corrected chi connectivity index (χ1v) is 9.45. The van der Waals surface area contributed by atoms with Gasteiger partial charge in [-0.15, -0.1) is 0 Å². The second kappa shape index (κ2) is 6.96. The molecule has 0 aliphatic carbocycles. The number of nitrogens with zero attached hydrogens (tertiary/aromatic N) is 1. The van der Waals surface area contributed by atoms with Gasteiger partial charge in [0.05, 0.1) is 12.1 Å². The lowest BCUT2D eigenvalue weighted by atomic mass is 10.2. The van der Waals surface area contributed by atoms with Gasteiger partial charge in [-0.1, -0.05) is 11.3 Å². The van der Waals surface area contributed by atoms with Crippen molar-refractivity contribution in [2.45, 2.75) is 20.4 Å². The Morgan fingerprint density at radius 3 is 2.74 bits per heavy atom. The minimum atomic E-state index is -0.182. The molecule has 0 radical (unpaired) electrons. The Morgan fingerprint density at radius 2 is 2.00 bits per heavy atom. The summed E-state index contributed by atoms with van der Waals surface area (Å²) in [5, 5.41) is 4.56. The van der Waals surface area contributed by atoms with Crippen LogP contribution in [0.2, 0.25) is 0 Å². The molecule has 0 atom stereocenters. The maximum atomic E-state index is 12.6. The molecule has 3 heterocycles. The molecule has 1 amide bonds. The van der Waals surface area contributed by atoms with Crippen molar-refractivity contribution in [1.82, 2.24) is 14.9 Å². The number of rotatable bonds is 4. The third-order valence-electron chi connectivity index (χ3n) is 4.47. The van der Waals surface area contributed by atoms with Gasteiger partial charge in [0.1, 0.15) is 13.2 Å². The number of benzene rings is 1. The Balaban J connectivity index is 1.59. The smallest absolute Gasteiger partial charge is 0.304 e. The first kappa shape index (κ1) is 17.4. The number of thiazole rings is 1. The van der Waals surface area contributed by atoms with E-state index in [1.54, 1.807) is 5.38 Å². The molecular weight excluding hydrogens is 366 g/mol. The van der Waals surface area contributed by atoms with E-state index in [0.717, 1.165) is 34.2 Å². The Labute approximate surface area is 159 Å². The zero-order valence-corrected chi connectivity index (χ0v) is 15.8. The lowest BCUT2D eigenvalue weighted by Crippen LogP contribution is -2.23. The van der Waals surface area contributed by atoms with Crippen molar-refractivity contribution in [3.63, 3.8) is 0 Å². The van der Waals surface area contributed by atoms with Gasteiger partial charge in [-0.25, -0.2) is 0 Å². The normalized spacial score (nSPS) is 12.8. The first-order chi connectivity index (χ1) is 13.0. The van der Waals surface area contributed by atoms with Crippen LogP contribution in [0, 0.1) is 13.8 Å². The fraction of sp³-hybridized carbons (Fsp3) is 0.263. The van der Waals surface area contributed by atoms with Gasteiger partial charge in [0.25, 0.3) is 5.91 Å². The lowest BCUT2D eigenvalue weighted by Gasteiger charge is -2.20. The van der Waals surface area contributed by atoms with E-state index in [4.69, 9.17) is 9.47 Å². The van der Waals surface area contributed by atoms with Crippen LogP contribution < -0.4 is 19.7 Å². The molecule has 0 saturated carbocycles. The van der Waals surface area contributed by atoms with E-state index in [2.05, 4.69) is 10.3 Å². The highest BCUT2D eigenvalue weighted by molar-refractivity contribution is 7.07. The largest absolute Gasteiger partial charge is 0.486 e. The number of aryl methyl sites for hydroxylation is 1. The van der Waals surface area contributed by atoms with Crippen molar-refractivity contribution < 1.29 is 14.3 Å². The van der Waals surface area contributed by atoms with Crippen molar-refractivity contribution in [2.24, 2.45) is 0 Å². The Kier molecular flexibility index (Phi) is 4.49. The van der Waals surface area contributed by atoms with E-state index in [-0.39, 0.29) is 17.3 Å². The van der Waals surface area contributed by atoms with Crippen molar-refractivity contribution in [2.75, 3.05) is 13.2 Å². The van der Waals surface area contributed by atoms with E-state index in [9.17, 15) is 9.59 Å². The average Bonchev–Trinajstić information content (AvgIpc) is 3.22. The molecule has 0 unspecified atom stereocenters. The third kappa shape index (κ3) is 3.35. The molecule has 0 saturated heterocycles. The van der Waals surface area contributed by atoms with Gasteiger partial charge >= 0.3 is 4.87 Å². The van der Waals surface area contributed by atoms with Gasteiger partial charge in [-0.05, 0) is 32.0 Å². The Bertz CT molecular complexity index is 1060. The molecule has 0 fully saturated rings. The van der Waals surface area contributed by atoms with Crippen LogP contribution >= 0.6 is 11.3 Å². The maximum absolute atomic E-state index is 12.6. The van der Waals surface area contributed by atoms with Crippen LogP contribution in [0.5, 0.6) is 11.5 Å². The van der Waals surface area contributed by atoms with Crippen LogP contribution in [0.25, 0.3) is 5.69 Å². The summed E-state index contributed by atoms with van der Waals surface area (Å²) in [7, 11) is 0. The quantitative estimate of drug-likeness (QED) is 0.723. The fourth-order valence-corrected chi connectivity index (χ4v) is 3.81. The third-order valence-corrected chi connectivity index (χ3v) is 5.19. The van der Waals surface area contributed by atoms with Gasteiger partial charge in [0.15, 0.2) is 11.5 Å². The molecule has 8 heteroatoms. The number of fused-ring (bicyclic) bond motifs is 1. The highest BCUT2D eigenvalue weighted by Crippen LogP contribution is 2.33. The second-order valence-electron chi connectivity index (χ2n) is 6.30. The van der Waals surface area contributed by atoms with Crippen LogP contribution in [0.4, 0.5) is 0 Å². The van der Waals surface area contributed by atoms with Crippen LogP contribution in [0.3, 0.4) is 0 Å². The number of hydrogen-bond donors (Lipinski definition) is 2. The summed E-state index contributed by atoms with van der Waals surface area (Å²) < 4.78 is 13.2. The zero-order chi connectivity index (χ0) is 19.0. The Hall–Kier alpha value is -3.00. The fourth-order valence-electron chi connectivity index (χ4n) is 3.23. The van der Waals surface area contributed by atoms with Crippen molar-refractivity contribution in [1.29, 1.82) is 0 Å². The van der Waals surface area contributed by atoms with E-state index in [1.807, 2.05) is 42.7 Å². The summed E-state index contributed by atoms with van der Waals surface area (Å²) in [6.07, 6.45) is 0. The number of carbonyl (C=O) groups excluding carboxylic acids is 1. The molecule has 140 valence electrons. The summed E-state index contributed by atoms with van der Waals surface area (Å²) in [6.45, 7) is 5.22. The lowest BCUT2D eigenvalue weighted by molar-refractivity contribution is 0.0950. The van der Waals surface area contributed by atoms with Gasteiger partial charge in [-0.2, -0.15) is 0 Å². The van der Waals surface area contributed by atoms with Crippen LogP contribution in [0.15, 0.2) is 34.4 Å². The highest BCUT2D eigenvalue weighted by Gasteiger charge is 2.19. The van der Waals surface area contributed by atoms with E-state index in [1.165, 1.54) is 0 Å². The predicted molar refractivity (Wildman–Crippen MR) is 102 cm³/mol. The van der Waals surface area contributed by atoms with Crippen molar-refractivity contribution in [3.8, 4) is 17.2 Å². The highest BCUT2D eigenvalue weighted by atomic mass is 32.1.